The lowest BCUT2D eigenvalue weighted by Crippen LogP contribution is -2.09. The first kappa shape index (κ1) is 14.7. The summed E-state index contributed by atoms with van der Waals surface area (Å²) in [4.78, 5) is 23.0. The van der Waals surface area contributed by atoms with Crippen LogP contribution in [0.15, 0.2) is 41.8 Å². The van der Waals surface area contributed by atoms with Crippen LogP contribution in [0.2, 0.25) is 0 Å². The molecule has 0 bridgehead atoms. The molecule has 0 atom stereocenters. The maximum Gasteiger partial charge on any atom is 0.271 e. The molecule has 0 aliphatic rings. The van der Waals surface area contributed by atoms with E-state index < -0.39 is 4.92 Å². The van der Waals surface area contributed by atoms with Crippen LogP contribution < -0.4 is 10.1 Å². The van der Waals surface area contributed by atoms with Crippen LogP contribution in [0.25, 0.3) is 6.08 Å². The molecule has 7 heteroatoms. The van der Waals surface area contributed by atoms with Crippen molar-refractivity contribution in [3.63, 3.8) is 0 Å². The number of carbonyl (C=O) groups is 1. The number of hydrogen-bond donors (Lipinski definition) is 1. The smallest absolute Gasteiger partial charge is 0.271 e. The molecule has 0 saturated heterocycles. The minimum atomic E-state index is -0.531. The van der Waals surface area contributed by atoms with Crippen LogP contribution in [0, 0.1) is 10.1 Å². The third-order valence-electron chi connectivity index (χ3n) is 2.59. The maximum atomic E-state index is 11.8. The van der Waals surface area contributed by atoms with Crippen LogP contribution in [0.1, 0.15) is 4.88 Å². The third-order valence-corrected chi connectivity index (χ3v) is 3.43. The second-order valence-corrected chi connectivity index (χ2v) is 4.96. The van der Waals surface area contributed by atoms with Crippen molar-refractivity contribution in [1.29, 1.82) is 0 Å². The van der Waals surface area contributed by atoms with Gasteiger partial charge in [0.15, 0.2) is 0 Å². The second kappa shape index (κ2) is 6.67. The number of non-ortho nitro benzene ring substituents is 1. The molecular weight excluding hydrogens is 292 g/mol. The molecule has 0 spiro atoms. The summed E-state index contributed by atoms with van der Waals surface area (Å²) in [5, 5.41) is 15.2. The lowest BCUT2D eigenvalue weighted by molar-refractivity contribution is -0.384. The summed E-state index contributed by atoms with van der Waals surface area (Å²) in [6.07, 6.45) is 3.04. The first-order chi connectivity index (χ1) is 10.1. The average molecular weight is 304 g/mol. The SMILES string of the molecule is COc1ccc([N+](=O)[O-])cc1NC(=O)/C=C/c1cccs1. The summed E-state index contributed by atoms with van der Waals surface area (Å²) >= 11 is 1.50. The second-order valence-electron chi connectivity index (χ2n) is 3.98. The fourth-order valence-electron chi connectivity index (χ4n) is 1.63. The molecule has 1 aromatic carbocycles. The number of carbonyl (C=O) groups excluding carboxylic acids is 1. The lowest BCUT2D eigenvalue weighted by atomic mass is 10.2. The van der Waals surface area contributed by atoms with E-state index in [4.69, 9.17) is 4.74 Å². The predicted molar refractivity (Wildman–Crippen MR) is 81.6 cm³/mol. The van der Waals surface area contributed by atoms with Gasteiger partial charge in [-0.2, -0.15) is 0 Å². The van der Waals surface area contributed by atoms with Gasteiger partial charge in [0.1, 0.15) is 5.75 Å². The Hall–Kier alpha value is -2.67. The fourth-order valence-corrected chi connectivity index (χ4v) is 2.24. The van der Waals surface area contributed by atoms with Gasteiger partial charge in [0, 0.05) is 23.1 Å². The molecule has 0 unspecified atom stereocenters. The van der Waals surface area contributed by atoms with Gasteiger partial charge in [-0.15, -0.1) is 11.3 Å². The van der Waals surface area contributed by atoms with Crippen molar-refractivity contribution in [2.45, 2.75) is 0 Å². The van der Waals surface area contributed by atoms with Crippen molar-refractivity contribution >= 4 is 34.7 Å². The normalized spacial score (nSPS) is 10.5. The first-order valence-corrected chi connectivity index (χ1v) is 6.83. The van der Waals surface area contributed by atoms with Crippen molar-refractivity contribution in [2.75, 3.05) is 12.4 Å². The number of amides is 1. The zero-order valence-corrected chi connectivity index (χ0v) is 11.9. The summed E-state index contributed by atoms with van der Waals surface area (Å²) in [5.74, 6) is -0.0272. The molecule has 1 heterocycles. The number of rotatable bonds is 5. The molecule has 0 radical (unpaired) electrons. The highest BCUT2D eigenvalue weighted by molar-refractivity contribution is 7.10. The number of methoxy groups -OCH3 is 1. The van der Waals surface area contributed by atoms with Crippen molar-refractivity contribution in [2.24, 2.45) is 0 Å². The van der Waals surface area contributed by atoms with E-state index in [9.17, 15) is 14.9 Å². The number of benzene rings is 1. The van der Waals surface area contributed by atoms with Crippen LogP contribution >= 0.6 is 11.3 Å². The van der Waals surface area contributed by atoms with Gasteiger partial charge in [-0.1, -0.05) is 6.07 Å². The predicted octanol–water partition coefficient (Wildman–Crippen LogP) is 3.32. The number of anilines is 1. The molecule has 0 aliphatic carbocycles. The van der Waals surface area contributed by atoms with E-state index in [2.05, 4.69) is 5.32 Å². The van der Waals surface area contributed by atoms with Crippen molar-refractivity contribution in [1.82, 2.24) is 0 Å². The maximum absolute atomic E-state index is 11.8. The van der Waals surface area contributed by atoms with Crippen molar-refractivity contribution < 1.29 is 14.5 Å². The molecule has 2 rings (SSSR count). The largest absolute Gasteiger partial charge is 0.495 e. The summed E-state index contributed by atoms with van der Waals surface area (Å²) in [7, 11) is 1.43. The Balaban J connectivity index is 2.15. The van der Waals surface area contributed by atoms with Crippen LogP contribution in [-0.4, -0.2) is 17.9 Å². The van der Waals surface area contributed by atoms with E-state index in [1.54, 1.807) is 6.08 Å². The van der Waals surface area contributed by atoms with E-state index in [0.717, 1.165) is 4.88 Å². The first-order valence-electron chi connectivity index (χ1n) is 5.95. The van der Waals surface area contributed by atoms with Gasteiger partial charge in [0.05, 0.1) is 17.7 Å². The zero-order valence-electron chi connectivity index (χ0n) is 11.1. The number of nitrogens with one attached hydrogen (secondary N) is 1. The highest BCUT2D eigenvalue weighted by Gasteiger charge is 2.12. The van der Waals surface area contributed by atoms with E-state index in [0.29, 0.717) is 5.75 Å². The van der Waals surface area contributed by atoms with E-state index in [-0.39, 0.29) is 17.3 Å². The standard InChI is InChI=1S/C14H12N2O4S/c1-20-13-6-4-10(16(18)19)9-12(13)15-14(17)7-5-11-3-2-8-21-11/h2-9H,1H3,(H,15,17)/b7-5+. The van der Waals surface area contributed by atoms with Crippen LogP contribution in [0.3, 0.4) is 0 Å². The number of nitrogens with zero attached hydrogens (tertiary/aromatic N) is 1. The van der Waals surface area contributed by atoms with Gasteiger partial charge in [0.25, 0.3) is 5.69 Å². The number of ether oxygens (including phenoxy) is 1. The molecule has 108 valence electrons. The van der Waals surface area contributed by atoms with Gasteiger partial charge < -0.3 is 10.1 Å². The molecule has 0 fully saturated rings. The minimum absolute atomic E-state index is 0.117. The Bertz CT molecular complexity index is 680. The number of nitro benzene ring substituents is 1. The molecule has 0 saturated carbocycles. The van der Waals surface area contributed by atoms with Crippen molar-refractivity contribution in [3.8, 4) is 5.75 Å². The van der Waals surface area contributed by atoms with Gasteiger partial charge in [-0.3, -0.25) is 14.9 Å². The Morgan fingerprint density at radius 3 is 2.86 bits per heavy atom. The van der Waals surface area contributed by atoms with Crippen LogP contribution in [0.5, 0.6) is 5.75 Å². The molecular formula is C14H12N2O4S. The van der Waals surface area contributed by atoms with E-state index in [1.165, 1.54) is 42.7 Å². The molecule has 6 nitrogen and oxygen atoms in total. The Morgan fingerprint density at radius 1 is 1.43 bits per heavy atom. The lowest BCUT2D eigenvalue weighted by Gasteiger charge is -2.08. The monoisotopic (exact) mass is 304 g/mol. The fraction of sp³-hybridized carbons (Fsp3) is 0.0714. The molecule has 21 heavy (non-hydrogen) atoms. The summed E-state index contributed by atoms with van der Waals surface area (Å²) < 4.78 is 5.07. The van der Waals surface area contributed by atoms with Gasteiger partial charge in [-0.25, -0.2) is 0 Å². The molecule has 2 aromatic rings. The molecule has 1 N–H and O–H groups in total. The topological polar surface area (TPSA) is 81.5 Å². The highest BCUT2D eigenvalue weighted by atomic mass is 32.1. The van der Waals surface area contributed by atoms with E-state index in [1.807, 2.05) is 17.5 Å². The minimum Gasteiger partial charge on any atom is -0.495 e. The molecule has 1 aromatic heterocycles. The summed E-state index contributed by atoms with van der Waals surface area (Å²) in [6.45, 7) is 0. The van der Waals surface area contributed by atoms with Crippen LogP contribution in [0.4, 0.5) is 11.4 Å². The van der Waals surface area contributed by atoms with Gasteiger partial charge >= 0.3 is 0 Å². The average Bonchev–Trinajstić information content (AvgIpc) is 2.98. The quantitative estimate of drug-likeness (QED) is 0.522. The Morgan fingerprint density at radius 2 is 2.24 bits per heavy atom. The molecule has 1 amide bonds. The Kier molecular flexibility index (Phi) is 4.68. The Labute approximate surface area is 124 Å². The molecule has 0 aliphatic heterocycles. The van der Waals surface area contributed by atoms with Crippen LogP contribution in [-0.2, 0) is 4.79 Å². The zero-order chi connectivity index (χ0) is 15.2. The van der Waals surface area contributed by atoms with Crippen molar-refractivity contribution in [3.05, 3.63) is 56.8 Å². The van der Waals surface area contributed by atoms with Gasteiger partial charge in [0.2, 0.25) is 5.91 Å². The van der Waals surface area contributed by atoms with Gasteiger partial charge in [-0.05, 0) is 23.6 Å². The third kappa shape index (κ3) is 3.90. The highest BCUT2D eigenvalue weighted by Crippen LogP contribution is 2.28. The number of hydrogen-bond acceptors (Lipinski definition) is 5. The summed E-state index contributed by atoms with van der Waals surface area (Å²) in [5.41, 5.74) is 0.140. The van der Waals surface area contributed by atoms with E-state index >= 15 is 0 Å². The number of thiophene rings is 1. The number of nitro groups is 1. The summed E-state index contributed by atoms with van der Waals surface area (Å²) in [6, 6.07) is 7.77.